The Kier molecular flexibility index (Phi) is 3.13. The molecule has 2 heteroatoms. The summed E-state index contributed by atoms with van der Waals surface area (Å²) in [7, 11) is 0. The molecule has 0 aliphatic carbocycles. The van der Waals surface area contributed by atoms with Gasteiger partial charge < -0.3 is 4.74 Å². The van der Waals surface area contributed by atoms with Gasteiger partial charge in [-0.2, -0.15) is 0 Å². The molecule has 0 saturated carbocycles. The molecule has 0 bridgehead atoms. The first-order chi connectivity index (χ1) is 5.54. The lowest BCUT2D eigenvalue weighted by Crippen LogP contribution is -2.59. The third-order valence-electron chi connectivity index (χ3n) is 2.35. The standard InChI is InChI=1S/C10H21NO/c1-5-6-12-9-7-11(8-9)10(2,3)4/h9H,5-8H2,1-4H3. The lowest BCUT2D eigenvalue weighted by Gasteiger charge is -2.47. The number of hydrogen-bond donors (Lipinski definition) is 0. The summed E-state index contributed by atoms with van der Waals surface area (Å²) in [6.07, 6.45) is 1.63. The molecule has 0 radical (unpaired) electrons. The van der Waals surface area contributed by atoms with Crippen molar-refractivity contribution in [2.24, 2.45) is 0 Å². The third-order valence-corrected chi connectivity index (χ3v) is 2.35. The minimum absolute atomic E-state index is 0.325. The Morgan fingerprint density at radius 3 is 2.33 bits per heavy atom. The van der Waals surface area contributed by atoms with Gasteiger partial charge in [0, 0.05) is 25.2 Å². The zero-order valence-electron chi connectivity index (χ0n) is 8.76. The molecule has 12 heavy (non-hydrogen) atoms. The summed E-state index contributed by atoms with van der Waals surface area (Å²) in [6.45, 7) is 12.1. The quantitative estimate of drug-likeness (QED) is 0.643. The van der Waals surface area contributed by atoms with E-state index in [2.05, 4.69) is 32.6 Å². The predicted molar refractivity (Wildman–Crippen MR) is 51.4 cm³/mol. The van der Waals surface area contributed by atoms with Gasteiger partial charge in [-0.05, 0) is 27.2 Å². The fraction of sp³-hybridized carbons (Fsp3) is 1.00. The van der Waals surface area contributed by atoms with Crippen LogP contribution in [0.3, 0.4) is 0 Å². The van der Waals surface area contributed by atoms with Crippen molar-refractivity contribution in [1.29, 1.82) is 0 Å². The van der Waals surface area contributed by atoms with Crippen LogP contribution < -0.4 is 0 Å². The zero-order chi connectivity index (χ0) is 9.19. The van der Waals surface area contributed by atoms with Gasteiger partial charge in [-0.25, -0.2) is 0 Å². The van der Waals surface area contributed by atoms with Crippen LogP contribution >= 0.6 is 0 Å². The van der Waals surface area contributed by atoms with Crippen LogP contribution in [0, 0.1) is 0 Å². The van der Waals surface area contributed by atoms with Crippen LogP contribution in [0.25, 0.3) is 0 Å². The Morgan fingerprint density at radius 2 is 1.92 bits per heavy atom. The van der Waals surface area contributed by atoms with Gasteiger partial charge in [0.25, 0.3) is 0 Å². The maximum Gasteiger partial charge on any atom is 0.0829 e. The SMILES string of the molecule is CCCOC1CN(C(C)(C)C)C1. The van der Waals surface area contributed by atoms with E-state index in [1.54, 1.807) is 0 Å². The second-order valence-electron chi connectivity index (χ2n) is 4.57. The smallest absolute Gasteiger partial charge is 0.0829 e. The van der Waals surface area contributed by atoms with Gasteiger partial charge in [0.05, 0.1) is 6.10 Å². The average Bonchev–Trinajstić information content (AvgIpc) is 1.81. The van der Waals surface area contributed by atoms with E-state index >= 15 is 0 Å². The third kappa shape index (κ3) is 2.46. The summed E-state index contributed by atoms with van der Waals surface area (Å²) in [4.78, 5) is 2.45. The van der Waals surface area contributed by atoms with E-state index in [0.717, 1.165) is 26.1 Å². The van der Waals surface area contributed by atoms with Gasteiger partial charge in [0.1, 0.15) is 0 Å². The van der Waals surface area contributed by atoms with E-state index in [4.69, 9.17) is 4.74 Å². The van der Waals surface area contributed by atoms with Crippen LogP contribution in [0.15, 0.2) is 0 Å². The maximum absolute atomic E-state index is 5.61. The highest BCUT2D eigenvalue weighted by Crippen LogP contribution is 2.22. The highest BCUT2D eigenvalue weighted by molar-refractivity contribution is 4.89. The molecule has 0 aromatic rings. The van der Waals surface area contributed by atoms with Crippen molar-refractivity contribution >= 4 is 0 Å². The van der Waals surface area contributed by atoms with Gasteiger partial charge in [-0.1, -0.05) is 6.92 Å². The number of ether oxygens (including phenoxy) is 1. The van der Waals surface area contributed by atoms with Crippen LogP contribution in [0.2, 0.25) is 0 Å². The molecule has 1 aliphatic heterocycles. The van der Waals surface area contributed by atoms with Crippen molar-refractivity contribution in [3.8, 4) is 0 Å². The Balaban J connectivity index is 2.12. The van der Waals surface area contributed by atoms with Crippen LogP contribution in [-0.4, -0.2) is 36.2 Å². The Bertz CT molecular complexity index is 133. The lowest BCUT2D eigenvalue weighted by atomic mass is 9.99. The molecule has 1 saturated heterocycles. The average molecular weight is 171 g/mol. The second kappa shape index (κ2) is 3.75. The molecule has 1 aliphatic rings. The molecule has 1 heterocycles. The topological polar surface area (TPSA) is 12.5 Å². The molecule has 1 fully saturated rings. The Labute approximate surface area is 75.9 Å². The fourth-order valence-electron chi connectivity index (χ4n) is 1.38. The van der Waals surface area contributed by atoms with E-state index < -0.39 is 0 Å². The number of likely N-dealkylation sites (tertiary alicyclic amines) is 1. The summed E-state index contributed by atoms with van der Waals surface area (Å²) >= 11 is 0. The normalized spacial score (nSPS) is 21.0. The van der Waals surface area contributed by atoms with E-state index in [-0.39, 0.29) is 0 Å². The molecule has 0 aromatic heterocycles. The molecular formula is C10H21NO. The second-order valence-corrected chi connectivity index (χ2v) is 4.57. The van der Waals surface area contributed by atoms with Crippen molar-refractivity contribution in [3.63, 3.8) is 0 Å². The molecule has 0 amide bonds. The van der Waals surface area contributed by atoms with Crippen molar-refractivity contribution in [3.05, 3.63) is 0 Å². The fourth-order valence-corrected chi connectivity index (χ4v) is 1.38. The van der Waals surface area contributed by atoms with E-state index in [1.807, 2.05) is 0 Å². The summed E-state index contributed by atoms with van der Waals surface area (Å²) in [6, 6.07) is 0. The van der Waals surface area contributed by atoms with Crippen LogP contribution in [0.5, 0.6) is 0 Å². The maximum atomic E-state index is 5.61. The van der Waals surface area contributed by atoms with Crippen LogP contribution in [0.1, 0.15) is 34.1 Å². The van der Waals surface area contributed by atoms with Gasteiger partial charge in [0.15, 0.2) is 0 Å². The first-order valence-corrected chi connectivity index (χ1v) is 4.90. The predicted octanol–water partition coefficient (Wildman–Crippen LogP) is 1.90. The Hall–Kier alpha value is -0.0800. The highest BCUT2D eigenvalue weighted by atomic mass is 16.5. The summed E-state index contributed by atoms with van der Waals surface area (Å²) in [5.41, 5.74) is 0.325. The summed E-state index contributed by atoms with van der Waals surface area (Å²) in [5.74, 6) is 0. The van der Waals surface area contributed by atoms with Gasteiger partial charge in [-0.15, -0.1) is 0 Å². The molecule has 2 nitrogen and oxygen atoms in total. The van der Waals surface area contributed by atoms with E-state index in [1.165, 1.54) is 0 Å². The van der Waals surface area contributed by atoms with Gasteiger partial charge >= 0.3 is 0 Å². The first-order valence-electron chi connectivity index (χ1n) is 4.90. The molecule has 0 atom stereocenters. The molecule has 0 unspecified atom stereocenters. The van der Waals surface area contributed by atoms with Crippen molar-refractivity contribution in [2.75, 3.05) is 19.7 Å². The van der Waals surface area contributed by atoms with Gasteiger partial charge in [0.2, 0.25) is 0 Å². The van der Waals surface area contributed by atoms with Crippen LogP contribution in [-0.2, 0) is 4.74 Å². The minimum Gasteiger partial charge on any atom is -0.376 e. The molecule has 1 rings (SSSR count). The van der Waals surface area contributed by atoms with E-state index in [9.17, 15) is 0 Å². The summed E-state index contributed by atoms with van der Waals surface area (Å²) in [5, 5.41) is 0. The highest BCUT2D eigenvalue weighted by Gasteiger charge is 2.34. The van der Waals surface area contributed by atoms with Crippen molar-refractivity contribution < 1.29 is 4.74 Å². The molecule has 72 valence electrons. The number of nitrogens with zero attached hydrogens (tertiary/aromatic N) is 1. The van der Waals surface area contributed by atoms with Gasteiger partial charge in [-0.3, -0.25) is 4.90 Å². The van der Waals surface area contributed by atoms with Crippen molar-refractivity contribution in [2.45, 2.75) is 45.8 Å². The molecule has 0 aromatic carbocycles. The first kappa shape index (κ1) is 10.0. The largest absolute Gasteiger partial charge is 0.376 e. The number of rotatable bonds is 3. The Morgan fingerprint density at radius 1 is 1.33 bits per heavy atom. The van der Waals surface area contributed by atoms with Crippen LogP contribution in [0.4, 0.5) is 0 Å². The van der Waals surface area contributed by atoms with E-state index in [0.29, 0.717) is 11.6 Å². The molecule has 0 spiro atoms. The van der Waals surface area contributed by atoms with Crippen molar-refractivity contribution in [1.82, 2.24) is 4.90 Å². The summed E-state index contributed by atoms with van der Waals surface area (Å²) < 4.78 is 5.61. The lowest BCUT2D eigenvalue weighted by molar-refractivity contribution is -0.0883. The molecule has 0 N–H and O–H groups in total. The monoisotopic (exact) mass is 171 g/mol. The minimum atomic E-state index is 0.325. The molecular weight excluding hydrogens is 150 g/mol. The number of hydrogen-bond acceptors (Lipinski definition) is 2. The zero-order valence-corrected chi connectivity index (χ0v) is 8.76.